The smallest absolute Gasteiger partial charge is 0.292 e. The first-order chi connectivity index (χ1) is 8.49. The highest BCUT2D eigenvalue weighted by Crippen LogP contribution is 2.30. The summed E-state index contributed by atoms with van der Waals surface area (Å²) in [4.78, 5) is 23.7. The zero-order valence-electron chi connectivity index (χ0n) is 10.1. The molecule has 1 aliphatic rings. The number of carbonyl (C=O) groups excluding carboxylic acids is 1. The maximum Gasteiger partial charge on any atom is 0.292 e. The fourth-order valence-corrected chi connectivity index (χ4v) is 1.84. The van der Waals surface area contributed by atoms with E-state index in [4.69, 9.17) is 5.73 Å². The Hall–Kier alpha value is -2.11. The van der Waals surface area contributed by atoms with Crippen molar-refractivity contribution < 1.29 is 9.72 Å². The number of nitrogens with zero attached hydrogens (tertiary/aromatic N) is 2. The second-order valence-corrected chi connectivity index (χ2v) is 4.66. The van der Waals surface area contributed by atoms with E-state index in [2.05, 4.69) is 0 Å². The lowest BCUT2D eigenvalue weighted by Crippen LogP contribution is -2.28. The standard InChI is InChI=1S/C12H15N3O3/c1-14(7-8-2-3-8)12(16)9-4-5-11(15(17)18)10(13)6-9/h4-6,8H,2-3,7,13H2,1H3. The summed E-state index contributed by atoms with van der Waals surface area (Å²) in [7, 11) is 1.73. The minimum Gasteiger partial charge on any atom is -0.393 e. The fraction of sp³-hybridized carbons (Fsp3) is 0.417. The molecule has 1 aliphatic carbocycles. The number of nitro groups is 1. The van der Waals surface area contributed by atoms with E-state index in [0.717, 1.165) is 6.54 Å². The number of carbonyl (C=O) groups is 1. The predicted molar refractivity (Wildman–Crippen MR) is 67.2 cm³/mol. The van der Waals surface area contributed by atoms with Crippen molar-refractivity contribution in [2.45, 2.75) is 12.8 Å². The third-order valence-corrected chi connectivity index (χ3v) is 3.05. The molecule has 6 heteroatoms. The minimum absolute atomic E-state index is 0.0191. The molecule has 1 aromatic rings. The highest BCUT2D eigenvalue weighted by Gasteiger charge is 2.25. The van der Waals surface area contributed by atoms with Gasteiger partial charge in [0.15, 0.2) is 0 Å². The summed E-state index contributed by atoms with van der Waals surface area (Å²) in [5.41, 5.74) is 5.80. The molecule has 0 heterocycles. The molecule has 1 amide bonds. The van der Waals surface area contributed by atoms with Gasteiger partial charge < -0.3 is 10.6 Å². The van der Waals surface area contributed by atoms with E-state index in [-0.39, 0.29) is 17.3 Å². The largest absolute Gasteiger partial charge is 0.393 e. The van der Waals surface area contributed by atoms with E-state index in [9.17, 15) is 14.9 Å². The molecule has 0 atom stereocenters. The first kappa shape index (κ1) is 12.3. The SMILES string of the molecule is CN(CC1CC1)C(=O)c1ccc([N+](=O)[O-])c(N)c1. The van der Waals surface area contributed by atoms with E-state index in [1.807, 2.05) is 0 Å². The number of nitrogen functional groups attached to an aromatic ring is 1. The van der Waals surface area contributed by atoms with Crippen molar-refractivity contribution in [3.63, 3.8) is 0 Å². The number of rotatable bonds is 4. The summed E-state index contributed by atoms with van der Waals surface area (Å²) in [6.07, 6.45) is 2.33. The lowest BCUT2D eigenvalue weighted by Gasteiger charge is -2.16. The van der Waals surface area contributed by atoms with E-state index < -0.39 is 4.92 Å². The summed E-state index contributed by atoms with van der Waals surface area (Å²) in [6.45, 7) is 0.732. The van der Waals surface area contributed by atoms with Gasteiger partial charge in [0, 0.05) is 25.2 Å². The van der Waals surface area contributed by atoms with Gasteiger partial charge in [0.05, 0.1) is 4.92 Å². The Labute approximate surface area is 105 Å². The average molecular weight is 249 g/mol. The van der Waals surface area contributed by atoms with Gasteiger partial charge in [-0.25, -0.2) is 0 Å². The number of hydrogen-bond donors (Lipinski definition) is 1. The van der Waals surface area contributed by atoms with Crippen LogP contribution in [0.2, 0.25) is 0 Å². The van der Waals surface area contributed by atoms with E-state index >= 15 is 0 Å². The Morgan fingerprint density at radius 1 is 1.56 bits per heavy atom. The highest BCUT2D eigenvalue weighted by atomic mass is 16.6. The van der Waals surface area contributed by atoms with E-state index in [1.54, 1.807) is 11.9 Å². The van der Waals surface area contributed by atoms with Gasteiger partial charge in [-0.05, 0) is 30.9 Å². The molecule has 0 aliphatic heterocycles. The number of anilines is 1. The summed E-state index contributed by atoms with van der Waals surface area (Å²) >= 11 is 0. The van der Waals surface area contributed by atoms with Crippen LogP contribution in [0.15, 0.2) is 18.2 Å². The van der Waals surface area contributed by atoms with E-state index in [1.165, 1.54) is 31.0 Å². The third kappa shape index (κ3) is 2.58. The molecule has 6 nitrogen and oxygen atoms in total. The fourth-order valence-electron chi connectivity index (χ4n) is 1.84. The first-order valence-corrected chi connectivity index (χ1v) is 5.78. The molecule has 1 saturated carbocycles. The maximum atomic E-state index is 12.0. The van der Waals surface area contributed by atoms with Crippen LogP contribution in [-0.4, -0.2) is 29.3 Å². The lowest BCUT2D eigenvalue weighted by atomic mass is 10.1. The van der Waals surface area contributed by atoms with Crippen molar-refractivity contribution in [3.05, 3.63) is 33.9 Å². The zero-order valence-corrected chi connectivity index (χ0v) is 10.1. The molecule has 96 valence electrons. The van der Waals surface area contributed by atoms with Gasteiger partial charge in [0.2, 0.25) is 0 Å². The third-order valence-electron chi connectivity index (χ3n) is 3.05. The molecular weight excluding hydrogens is 234 g/mol. The number of benzene rings is 1. The van der Waals surface area contributed by atoms with Crippen LogP contribution < -0.4 is 5.73 Å². The minimum atomic E-state index is -0.558. The van der Waals surface area contributed by atoms with Crippen molar-refractivity contribution in [3.8, 4) is 0 Å². The van der Waals surface area contributed by atoms with Crippen LogP contribution in [0.1, 0.15) is 23.2 Å². The van der Waals surface area contributed by atoms with Crippen LogP contribution in [0.5, 0.6) is 0 Å². The number of nitrogens with two attached hydrogens (primary N) is 1. The van der Waals surface area contributed by atoms with Crippen LogP contribution in [-0.2, 0) is 0 Å². The first-order valence-electron chi connectivity index (χ1n) is 5.78. The van der Waals surface area contributed by atoms with E-state index in [0.29, 0.717) is 11.5 Å². The van der Waals surface area contributed by atoms with Gasteiger partial charge in [-0.3, -0.25) is 14.9 Å². The lowest BCUT2D eigenvalue weighted by molar-refractivity contribution is -0.383. The Balaban J connectivity index is 2.14. The molecule has 0 radical (unpaired) electrons. The molecule has 1 aromatic carbocycles. The van der Waals surface area contributed by atoms with Crippen LogP contribution >= 0.6 is 0 Å². The van der Waals surface area contributed by atoms with Gasteiger partial charge in [-0.2, -0.15) is 0 Å². The molecule has 2 N–H and O–H groups in total. The Kier molecular flexibility index (Phi) is 3.18. The summed E-state index contributed by atoms with van der Waals surface area (Å²) in [5, 5.41) is 10.6. The normalized spacial score (nSPS) is 14.3. The molecule has 18 heavy (non-hydrogen) atoms. The van der Waals surface area contributed by atoms with Gasteiger partial charge >= 0.3 is 0 Å². The molecule has 0 saturated heterocycles. The number of amides is 1. The Morgan fingerprint density at radius 2 is 2.22 bits per heavy atom. The molecule has 2 rings (SSSR count). The molecule has 0 bridgehead atoms. The van der Waals surface area contributed by atoms with Crippen LogP contribution in [0.25, 0.3) is 0 Å². The summed E-state index contributed by atoms with van der Waals surface area (Å²) in [5.74, 6) is 0.456. The van der Waals surface area contributed by atoms with Crippen molar-refractivity contribution in [1.29, 1.82) is 0 Å². The molecule has 0 aromatic heterocycles. The molecule has 1 fully saturated rings. The average Bonchev–Trinajstić information content (AvgIpc) is 3.11. The molecular formula is C12H15N3O3. The summed E-state index contributed by atoms with van der Waals surface area (Å²) < 4.78 is 0. The highest BCUT2D eigenvalue weighted by molar-refractivity contribution is 5.95. The molecule has 0 spiro atoms. The van der Waals surface area contributed by atoms with Crippen LogP contribution in [0.4, 0.5) is 11.4 Å². The summed E-state index contributed by atoms with van der Waals surface area (Å²) in [6, 6.07) is 4.08. The molecule has 0 unspecified atom stereocenters. The van der Waals surface area contributed by atoms with Crippen molar-refractivity contribution in [2.75, 3.05) is 19.3 Å². The topological polar surface area (TPSA) is 89.5 Å². The van der Waals surface area contributed by atoms with Crippen molar-refractivity contribution in [2.24, 2.45) is 5.92 Å². The Morgan fingerprint density at radius 3 is 2.72 bits per heavy atom. The second kappa shape index (κ2) is 4.64. The van der Waals surface area contributed by atoms with Crippen LogP contribution in [0, 0.1) is 16.0 Å². The number of hydrogen-bond acceptors (Lipinski definition) is 4. The van der Waals surface area contributed by atoms with Gasteiger partial charge in [-0.1, -0.05) is 0 Å². The monoisotopic (exact) mass is 249 g/mol. The number of nitro benzene ring substituents is 1. The second-order valence-electron chi connectivity index (χ2n) is 4.66. The predicted octanol–water partition coefficient (Wildman–Crippen LogP) is 1.66. The Bertz CT molecular complexity index is 497. The van der Waals surface area contributed by atoms with Crippen molar-refractivity contribution in [1.82, 2.24) is 4.90 Å². The van der Waals surface area contributed by atoms with Crippen LogP contribution in [0.3, 0.4) is 0 Å². The van der Waals surface area contributed by atoms with Gasteiger partial charge in [-0.15, -0.1) is 0 Å². The zero-order chi connectivity index (χ0) is 13.3. The van der Waals surface area contributed by atoms with Gasteiger partial charge in [0.1, 0.15) is 5.69 Å². The quantitative estimate of drug-likeness (QED) is 0.499. The maximum absolute atomic E-state index is 12.0. The van der Waals surface area contributed by atoms with Gasteiger partial charge in [0.25, 0.3) is 11.6 Å². The van der Waals surface area contributed by atoms with Crippen molar-refractivity contribution >= 4 is 17.3 Å².